The number of hydrogen-bond acceptors (Lipinski definition) is 0. The van der Waals surface area contributed by atoms with E-state index in [1.807, 2.05) is 0 Å². The molecule has 0 aliphatic carbocycles. The molecule has 0 heterocycles. The second-order valence-electron chi connectivity index (χ2n) is 0. The predicted molar refractivity (Wildman–Crippen MR) is 14.2 cm³/mol. The van der Waals surface area contributed by atoms with E-state index in [1.165, 1.54) is 0 Å². The molecule has 10 heavy (non-hydrogen) atoms. The predicted octanol–water partition coefficient (Wildman–Crippen LogP) is -11.1. The summed E-state index contributed by atoms with van der Waals surface area (Å²) in [6, 6.07) is 0. The van der Waals surface area contributed by atoms with Crippen molar-refractivity contribution < 1.29 is 144 Å². The van der Waals surface area contributed by atoms with Crippen LogP contribution in [0.15, 0.2) is 0 Å². The van der Waals surface area contributed by atoms with Crippen molar-refractivity contribution in [1.29, 1.82) is 0 Å². The molecule has 0 atom stereocenters. The fourth-order valence-electron chi connectivity index (χ4n) is 0. The summed E-state index contributed by atoms with van der Waals surface area (Å²) >= 11 is 0. The quantitative estimate of drug-likeness (QED) is 0.397. The molecule has 0 amide bonds. The van der Waals surface area contributed by atoms with E-state index < -0.39 is 0 Å². The molecule has 0 aromatic carbocycles. The zero-order valence-electron chi connectivity index (χ0n) is 8.80. The van der Waals surface area contributed by atoms with E-state index in [2.05, 4.69) is 0 Å². The van der Waals surface area contributed by atoms with Crippen LogP contribution >= 0.6 is 0 Å². The summed E-state index contributed by atoms with van der Waals surface area (Å²) in [5.41, 5.74) is 0. The second kappa shape index (κ2) is 128. The van der Waals surface area contributed by atoms with E-state index in [-0.39, 0.29) is 144 Å². The minimum absolute atomic E-state index is 0. The maximum atomic E-state index is 0. The summed E-state index contributed by atoms with van der Waals surface area (Å²) in [4.78, 5) is 0. The van der Waals surface area contributed by atoms with Crippen molar-refractivity contribution in [3.8, 4) is 0 Å². The summed E-state index contributed by atoms with van der Waals surface area (Å²) in [5, 5.41) is 0. The molecule has 0 fully saturated rings. The third-order valence-electron chi connectivity index (χ3n) is 0. The topological polar surface area (TPSA) is 94.5 Å². The van der Waals surface area contributed by atoms with Gasteiger partial charge in [-0.2, -0.15) is 0 Å². The van der Waals surface area contributed by atoms with Crippen LogP contribution in [0, 0.1) is 0 Å². The SMILES string of the molecule is O.O.O.[Co].[Co].[H-].[H-].[H-].[Li+].[Li+].[Li+].[Ni].[Ni]. The zero-order chi connectivity index (χ0) is 0. The average molecular weight is 313 g/mol. The molecule has 0 bridgehead atoms. The van der Waals surface area contributed by atoms with Crippen molar-refractivity contribution in [2.24, 2.45) is 0 Å². The number of rotatable bonds is 0. The molecule has 68 valence electrons. The molecule has 0 aliphatic rings. The van der Waals surface area contributed by atoms with Gasteiger partial charge in [0.15, 0.2) is 0 Å². The molecule has 0 rings (SSSR count). The van der Waals surface area contributed by atoms with Crippen LogP contribution in [0.5, 0.6) is 0 Å². The molecular weight excluding hydrogens is 304 g/mol. The third-order valence-corrected chi connectivity index (χ3v) is 0. The van der Waals surface area contributed by atoms with Crippen LogP contribution in [-0.4, -0.2) is 16.4 Å². The van der Waals surface area contributed by atoms with Crippen LogP contribution < -0.4 is 56.6 Å². The van der Waals surface area contributed by atoms with E-state index in [1.54, 1.807) is 0 Å². The second-order valence-corrected chi connectivity index (χ2v) is 0. The van der Waals surface area contributed by atoms with E-state index >= 15 is 0 Å². The molecule has 0 aliphatic heterocycles. The smallest absolute Gasteiger partial charge is 1.00 e. The fraction of sp³-hybridized carbons (Fsp3) is 0. The maximum Gasteiger partial charge on any atom is 1.00 e. The molecule has 0 aromatic rings. The Bertz CT molecular complexity index is 29.8. The van der Waals surface area contributed by atoms with Gasteiger partial charge in [0.2, 0.25) is 0 Å². The Morgan fingerprint density at radius 2 is 0.500 bits per heavy atom. The van der Waals surface area contributed by atoms with Crippen molar-refractivity contribution in [1.82, 2.24) is 0 Å². The summed E-state index contributed by atoms with van der Waals surface area (Å²) in [7, 11) is 0. The third kappa shape index (κ3) is 98.6. The Morgan fingerprint density at radius 1 is 0.500 bits per heavy atom. The van der Waals surface area contributed by atoms with Crippen LogP contribution in [0.2, 0.25) is 0 Å². The van der Waals surface area contributed by atoms with Gasteiger partial charge in [0.1, 0.15) is 0 Å². The molecule has 0 unspecified atom stereocenters. The first-order chi connectivity index (χ1) is 0. The Hall–Kier alpha value is 3.67. The van der Waals surface area contributed by atoms with Gasteiger partial charge in [0.25, 0.3) is 0 Å². The van der Waals surface area contributed by atoms with E-state index in [4.69, 9.17) is 0 Å². The Morgan fingerprint density at radius 3 is 0.500 bits per heavy atom. The van der Waals surface area contributed by atoms with Crippen molar-refractivity contribution >= 4 is 0 Å². The minimum atomic E-state index is 0. The molecule has 0 saturated heterocycles. The van der Waals surface area contributed by atoms with Gasteiger partial charge in [0.05, 0.1) is 0 Å². The van der Waals surface area contributed by atoms with Crippen LogP contribution in [0.25, 0.3) is 0 Å². The van der Waals surface area contributed by atoms with Gasteiger partial charge in [-0.15, -0.1) is 0 Å². The van der Waals surface area contributed by atoms with Crippen LogP contribution in [0.4, 0.5) is 0 Å². The molecule has 2 radical (unpaired) electrons. The first-order valence-corrected chi connectivity index (χ1v) is 0. The Kier molecular flexibility index (Phi) is 2080. The van der Waals surface area contributed by atoms with Crippen molar-refractivity contribution in [3.63, 3.8) is 0 Å². The van der Waals surface area contributed by atoms with Crippen LogP contribution in [-0.2, 0) is 66.5 Å². The van der Waals surface area contributed by atoms with Gasteiger partial charge < -0.3 is 20.7 Å². The molecule has 0 spiro atoms. The van der Waals surface area contributed by atoms with Crippen LogP contribution in [0.3, 0.4) is 0 Å². The molecule has 0 aromatic heterocycles. The summed E-state index contributed by atoms with van der Waals surface area (Å²) in [5.74, 6) is 0. The zero-order valence-corrected chi connectivity index (χ0v) is 9.86. The van der Waals surface area contributed by atoms with Crippen molar-refractivity contribution in [3.05, 3.63) is 0 Å². The fourth-order valence-corrected chi connectivity index (χ4v) is 0. The molecule has 0 saturated carbocycles. The number of hydrogen-bond donors (Lipinski definition) is 0. The van der Waals surface area contributed by atoms with Gasteiger partial charge >= 0.3 is 56.6 Å². The largest absolute Gasteiger partial charge is 1.00 e. The van der Waals surface area contributed by atoms with E-state index in [0.29, 0.717) is 0 Å². The first-order valence-electron chi connectivity index (χ1n) is 0. The standard InChI is InChI=1S/2Co.3Li.2Ni.3H2O.3H/h;;;;;;;3*1H2;;;/q;;3*+1;;;;;;3*-1. The van der Waals surface area contributed by atoms with Gasteiger partial charge in [-0.3, -0.25) is 0 Å². The van der Waals surface area contributed by atoms with Gasteiger partial charge in [0, 0.05) is 66.5 Å². The van der Waals surface area contributed by atoms with Gasteiger partial charge in [-0.1, -0.05) is 0 Å². The Labute approximate surface area is 142 Å². The van der Waals surface area contributed by atoms with E-state index in [0.717, 1.165) is 0 Å². The Balaban J connectivity index is 0. The maximum absolute atomic E-state index is 0. The average Bonchev–Trinajstić information content (AvgIpc) is 0. The monoisotopic (exact) mass is 312 g/mol. The van der Waals surface area contributed by atoms with Gasteiger partial charge in [-0.25, -0.2) is 0 Å². The molecular formula is H9Co2Li3Ni2O3. The summed E-state index contributed by atoms with van der Waals surface area (Å²) < 4.78 is 0. The molecule has 10 heteroatoms. The van der Waals surface area contributed by atoms with E-state index in [9.17, 15) is 0 Å². The van der Waals surface area contributed by atoms with Gasteiger partial charge in [-0.05, 0) is 0 Å². The molecule has 3 nitrogen and oxygen atoms in total. The first kappa shape index (κ1) is 163. The summed E-state index contributed by atoms with van der Waals surface area (Å²) in [6.45, 7) is 0. The van der Waals surface area contributed by atoms with Crippen molar-refractivity contribution in [2.75, 3.05) is 0 Å². The molecule has 6 N–H and O–H groups in total. The normalized spacial score (nSPS) is 0. The van der Waals surface area contributed by atoms with Crippen LogP contribution in [0.1, 0.15) is 4.28 Å². The minimum Gasteiger partial charge on any atom is -1.00 e. The van der Waals surface area contributed by atoms with Crippen molar-refractivity contribution in [2.45, 2.75) is 0 Å². The summed E-state index contributed by atoms with van der Waals surface area (Å²) in [6.07, 6.45) is 0.